The summed E-state index contributed by atoms with van der Waals surface area (Å²) in [5.41, 5.74) is 3.71. The van der Waals surface area contributed by atoms with E-state index in [2.05, 4.69) is 47.8 Å². The molecule has 0 bridgehead atoms. The molecule has 1 fully saturated rings. The molecule has 0 atom stereocenters. The average Bonchev–Trinajstić information content (AvgIpc) is 2.82. The SMILES string of the molecule is COc1ccccc1C=CCN[C@H]1CC[C@@H](Nc2nc3c(c(N(C)C)n2)CCCC3)CC1. The van der Waals surface area contributed by atoms with Crippen LogP contribution in [0.3, 0.4) is 0 Å². The minimum atomic E-state index is 0.453. The van der Waals surface area contributed by atoms with E-state index >= 15 is 0 Å². The van der Waals surface area contributed by atoms with Gasteiger partial charge in [0, 0.05) is 43.9 Å². The van der Waals surface area contributed by atoms with Crippen molar-refractivity contribution in [2.75, 3.05) is 38.0 Å². The molecule has 1 heterocycles. The van der Waals surface area contributed by atoms with Gasteiger partial charge in [0.15, 0.2) is 0 Å². The number of benzene rings is 1. The Morgan fingerprint density at radius 3 is 2.56 bits per heavy atom. The highest BCUT2D eigenvalue weighted by Gasteiger charge is 2.23. The Kier molecular flexibility index (Phi) is 7.63. The maximum atomic E-state index is 5.41. The Bertz CT molecular complexity index is 918. The van der Waals surface area contributed by atoms with Gasteiger partial charge >= 0.3 is 0 Å². The first-order valence-corrected chi connectivity index (χ1v) is 12.0. The summed E-state index contributed by atoms with van der Waals surface area (Å²) in [5.74, 6) is 2.82. The molecule has 172 valence electrons. The minimum Gasteiger partial charge on any atom is -0.496 e. The molecule has 32 heavy (non-hydrogen) atoms. The summed E-state index contributed by atoms with van der Waals surface area (Å²) in [4.78, 5) is 11.9. The zero-order valence-corrected chi connectivity index (χ0v) is 19.7. The van der Waals surface area contributed by atoms with Gasteiger partial charge in [-0.1, -0.05) is 30.4 Å². The van der Waals surface area contributed by atoms with Crippen LogP contribution in [0.25, 0.3) is 6.08 Å². The smallest absolute Gasteiger partial charge is 0.225 e. The number of aryl methyl sites for hydroxylation is 1. The summed E-state index contributed by atoms with van der Waals surface area (Å²) in [6.45, 7) is 0.876. The third-order valence-corrected chi connectivity index (χ3v) is 6.61. The first-order valence-electron chi connectivity index (χ1n) is 12.0. The molecule has 0 radical (unpaired) electrons. The van der Waals surface area contributed by atoms with Crippen molar-refractivity contribution in [1.82, 2.24) is 15.3 Å². The van der Waals surface area contributed by atoms with Crippen LogP contribution in [0.4, 0.5) is 11.8 Å². The Hall–Kier alpha value is -2.60. The van der Waals surface area contributed by atoms with Gasteiger partial charge in [-0.25, -0.2) is 4.98 Å². The number of anilines is 2. The van der Waals surface area contributed by atoms with Crippen molar-refractivity contribution in [3.05, 3.63) is 47.2 Å². The van der Waals surface area contributed by atoms with Gasteiger partial charge in [-0.15, -0.1) is 0 Å². The fourth-order valence-corrected chi connectivity index (χ4v) is 4.86. The molecule has 0 saturated heterocycles. The van der Waals surface area contributed by atoms with Gasteiger partial charge in [0.2, 0.25) is 5.95 Å². The average molecular weight is 436 g/mol. The van der Waals surface area contributed by atoms with E-state index in [1.807, 2.05) is 18.2 Å². The Morgan fingerprint density at radius 2 is 1.78 bits per heavy atom. The van der Waals surface area contributed by atoms with Crippen LogP contribution in [0.2, 0.25) is 0 Å². The lowest BCUT2D eigenvalue weighted by Gasteiger charge is -2.30. The van der Waals surface area contributed by atoms with Crippen molar-refractivity contribution in [3.63, 3.8) is 0 Å². The molecule has 6 nitrogen and oxygen atoms in total. The molecule has 1 saturated carbocycles. The van der Waals surface area contributed by atoms with Gasteiger partial charge in [-0.05, 0) is 57.4 Å². The zero-order chi connectivity index (χ0) is 22.3. The van der Waals surface area contributed by atoms with E-state index in [1.54, 1.807) is 7.11 Å². The second kappa shape index (κ2) is 10.8. The van der Waals surface area contributed by atoms with Crippen molar-refractivity contribution >= 4 is 17.8 Å². The summed E-state index contributed by atoms with van der Waals surface area (Å²) in [6.07, 6.45) is 13.6. The molecule has 1 aromatic heterocycles. The summed E-state index contributed by atoms with van der Waals surface area (Å²) in [7, 11) is 5.88. The van der Waals surface area contributed by atoms with E-state index in [0.29, 0.717) is 12.1 Å². The van der Waals surface area contributed by atoms with E-state index in [9.17, 15) is 0 Å². The van der Waals surface area contributed by atoms with Crippen LogP contribution in [-0.2, 0) is 12.8 Å². The van der Waals surface area contributed by atoms with Crippen LogP contribution in [0.15, 0.2) is 30.3 Å². The molecule has 4 rings (SSSR count). The van der Waals surface area contributed by atoms with Crippen LogP contribution in [0.5, 0.6) is 5.75 Å². The fourth-order valence-electron chi connectivity index (χ4n) is 4.86. The second-order valence-electron chi connectivity index (χ2n) is 9.14. The summed E-state index contributed by atoms with van der Waals surface area (Å²) in [6, 6.07) is 9.13. The highest BCUT2D eigenvalue weighted by Crippen LogP contribution is 2.29. The zero-order valence-electron chi connectivity index (χ0n) is 19.7. The van der Waals surface area contributed by atoms with Crippen molar-refractivity contribution < 1.29 is 4.74 Å². The number of ether oxygens (including phenoxy) is 1. The molecule has 0 amide bonds. The maximum Gasteiger partial charge on any atom is 0.225 e. The Morgan fingerprint density at radius 1 is 1.03 bits per heavy atom. The van der Waals surface area contributed by atoms with Gasteiger partial charge in [-0.2, -0.15) is 4.98 Å². The summed E-state index contributed by atoms with van der Waals surface area (Å²) < 4.78 is 5.41. The highest BCUT2D eigenvalue weighted by atomic mass is 16.5. The van der Waals surface area contributed by atoms with Crippen molar-refractivity contribution in [2.24, 2.45) is 0 Å². The van der Waals surface area contributed by atoms with Crippen LogP contribution in [0, 0.1) is 0 Å². The third kappa shape index (κ3) is 5.60. The number of para-hydroxylation sites is 1. The molecule has 6 heteroatoms. The largest absolute Gasteiger partial charge is 0.496 e. The Balaban J connectivity index is 1.26. The molecule has 2 aromatic rings. The first kappa shape index (κ1) is 22.6. The molecule has 1 aromatic carbocycles. The lowest BCUT2D eigenvalue weighted by Crippen LogP contribution is -2.37. The molecule has 2 N–H and O–H groups in total. The van der Waals surface area contributed by atoms with E-state index in [0.717, 1.165) is 55.3 Å². The fraction of sp³-hybridized carbons (Fsp3) is 0.538. The molecule has 2 aliphatic rings. The molecule has 0 unspecified atom stereocenters. The summed E-state index contributed by atoms with van der Waals surface area (Å²) in [5, 5.41) is 7.33. The van der Waals surface area contributed by atoms with Gasteiger partial charge in [-0.3, -0.25) is 0 Å². The molecule has 0 aliphatic heterocycles. The number of nitrogens with one attached hydrogen (secondary N) is 2. The van der Waals surface area contributed by atoms with Crippen LogP contribution >= 0.6 is 0 Å². The van der Waals surface area contributed by atoms with Gasteiger partial charge in [0.05, 0.1) is 12.8 Å². The van der Waals surface area contributed by atoms with Gasteiger partial charge in [0.1, 0.15) is 11.6 Å². The van der Waals surface area contributed by atoms with Crippen LogP contribution in [-0.4, -0.2) is 49.8 Å². The van der Waals surface area contributed by atoms with Crippen molar-refractivity contribution in [2.45, 2.75) is 63.5 Å². The lowest BCUT2D eigenvalue weighted by molar-refractivity contribution is 0.363. The van der Waals surface area contributed by atoms with E-state index in [4.69, 9.17) is 14.7 Å². The number of nitrogens with zero attached hydrogens (tertiary/aromatic N) is 3. The quantitative estimate of drug-likeness (QED) is 0.639. The van der Waals surface area contributed by atoms with Crippen LogP contribution in [0.1, 0.15) is 55.3 Å². The molecule has 0 spiro atoms. The predicted octanol–water partition coefficient (Wildman–Crippen LogP) is 4.46. The van der Waals surface area contributed by atoms with E-state index in [1.165, 1.54) is 36.9 Å². The standard InChI is InChI=1S/C26H37N5O/c1-31(2)25-22-11-5-6-12-23(22)29-26(30-25)28-21-16-14-20(15-17-21)27-18-8-10-19-9-4-7-13-24(19)32-3/h4,7-10,13,20-21,27H,5-6,11-12,14-18H2,1-3H3,(H,28,29,30)/t20-,21+. The van der Waals surface area contributed by atoms with E-state index < -0.39 is 0 Å². The van der Waals surface area contributed by atoms with Gasteiger partial charge < -0.3 is 20.3 Å². The molecule has 2 aliphatic carbocycles. The number of fused-ring (bicyclic) bond motifs is 1. The predicted molar refractivity (Wildman–Crippen MR) is 133 cm³/mol. The monoisotopic (exact) mass is 435 g/mol. The molecular formula is C26H37N5O. The number of rotatable bonds is 8. The van der Waals surface area contributed by atoms with Gasteiger partial charge in [0.25, 0.3) is 0 Å². The first-order chi connectivity index (χ1) is 15.6. The lowest BCUT2D eigenvalue weighted by atomic mass is 9.91. The topological polar surface area (TPSA) is 62.3 Å². The number of hydrogen-bond donors (Lipinski definition) is 2. The second-order valence-corrected chi connectivity index (χ2v) is 9.14. The van der Waals surface area contributed by atoms with Crippen LogP contribution < -0.4 is 20.3 Å². The normalized spacial score (nSPS) is 20.7. The summed E-state index contributed by atoms with van der Waals surface area (Å²) >= 11 is 0. The van der Waals surface area contributed by atoms with Crippen molar-refractivity contribution in [1.29, 1.82) is 0 Å². The highest BCUT2D eigenvalue weighted by molar-refractivity contribution is 5.57. The number of hydrogen-bond acceptors (Lipinski definition) is 6. The minimum absolute atomic E-state index is 0.453. The molecular weight excluding hydrogens is 398 g/mol. The van der Waals surface area contributed by atoms with E-state index in [-0.39, 0.29) is 0 Å². The number of methoxy groups -OCH3 is 1. The maximum absolute atomic E-state index is 5.41. The number of aromatic nitrogens is 2. The third-order valence-electron chi connectivity index (χ3n) is 6.61. The van der Waals surface area contributed by atoms with Crippen molar-refractivity contribution in [3.8, 4) is 5.75 Å². The Labute approximate surface area is 192 Å².